The van der Waals surface area contributed by atoms with Gasteiger partial charge in [0.1, 0.15) is 5.82 Å². The SMILES string of the molecule is COc1ccc2nccc(C(O)C(N)[C@H]3CC[C@H](NCc4ccc5c(n4)NC(=O)CS5)CC3)c2n1. The van der Waals surface area contributed by atoms with Gasteiger partial charge in [0.2, 0.25) is 11.8 Å². The number of hydrogen-bond donors (Lipinski definition) is 4. The number of aliphatic hydroxyl groups excluding tert-OH is 1. The second-order valence-electron chi connectivity index (χ2n) is 9.12. The summed E-state index contributed by atoms with van der Waals surface area (Å²) in [6.07, 6.45) is 4.67. The van der Waals surface area contributed by atoms with Crippen molar-refractivity contribution in [1.82, 2.24) is 20.3 Å². The molecule has 1 saturated carbocycles. The maximum absolute atomic E-state index is 11.6. The van der Waals surface area contributed by atoms with Crippen molar-refractivity contribution < 1.29 is 14.6 Å². The summed E-state index contributed by atoms with van der Waals surface area (Å²) in [7, 11) is 1.57. The van der Waals surface area contributed by atoms with Crippen LogP contribution in [0.15, 0.2) is 41.4 Å². The van der Waals surface area contributed by atoms with E-state index in [-0.39, 0.29) is 11.8 Å². The van der Waals surface area contributed by atoms with E-state index in [1.807, 2.05) is 18.2 Å². The number of fused-ring (bicyclic) bond motifs is 2. The number of pyridine rings is 3. The fraction of sp³-hybridized carbons (Fsp3) is 0.440. The zero-order chi connectivity index (χ0) is 24.4. The van der Waals surface area contributed by atoms with Gasteiger partial charge in [0, 0.05) is 36.5 Å². The number of anilines is 1. The maximum atomic E-state index is 11.6. The van der Waals surface area contributed by atoms with Crippen LogP contribution < -0.4 is 21.1 Å². The number of hydrogen-bond acceptors (Lipinski definition) is 9. The number of nitrogens with two attached hydrogens (primary N) is 1. The van der Waals surface area contributed by atoms with E-state index in [9.17, 15) is 9.90 Å². The molecule has 0 spiro atoms. The average Bonchev–Trinajstić information content (AvgIpc) is 2.90. The molecule has 1 fully saturated rings. The number of aliphatic hydroxyl groups is 1. The van der Waals surface area contributed by atoms with Crippen LogP contribution in [0.3, 0.4) is 0 Å². The lowest BCUT2D eigenvalue weighted by atomic mass is 9.79. The Morgan fingerprint density at radius 2 is 2.03 bits per heavy atom. The van der Waals surface area contributed by atoms with Crippen molar-refractivity contribution in [2.45, 2.75) is 55.3 Å². The van der Waals surface area contributed by atoms with E-state index in [1.165, 1.54) is 11.8 Å². The van der Waals surface area contributed by atoms with Crippen molar-refractivity contribution in [1.29, 1.82) is 0 Å². The van der Waals surface area contributed by atoms with Crippen molar-refractivity contribution in [2.24, 2.45) is 11.7 Å². The molecule has 2 aliphatic rings. The molecular weight excluding hydrogens is 464 g/mol. The number of nitrogens with zero attached hydrogens (tertiary/aromatic N) is 3. The third-order valence-electron chi connectivity index (χ3n) is 6.90. The smallest absolute Gasteiger partial charge is 0.235 e. The van der Waals surface area contributed by atoms with E-state index < -0.39 is 12.1 Å². The maximum Gasteiger partial charge on any atom is 0.235 e. The molecule has 9 nitrogen and oxygen atoms in total. The summed E-state index contributed by atoms with van der Waals surface area (Å²) in [6.45, 7) is 0.647. The van der Waals surface area contributed by atoms with Crippen molar-refractivity contribution in [3.63, 3.8) is 0 Å². The Hall–Kier alpha value is -2.79. The van der Waals surface area contributed by atoms with Gasteiger partial charge in [-0.3, -0.25) is 9.78 Å². The summed E-state index contributed by atoms with van der Waals surface area (Å²) < 4.78 is 5.25. The average molecular weight is 495 g/mol. The minimum absolute atomic E-state index is 0.00774. The van der Waals surface area contributed by atoms with Gasteiger partial charge in [-0.15, -0.1) is 11.8 Å². The Bertz CT molecular complexity index is 1220. The molecule has 0 bridgehead atoms. The van der Waals surface area contributed by atoms with E-state index in [2.05, 4.69) is 25.6 Å². The lowest BCUT2D eigenvalue weighted by molar-refractivity contribution is -0.113. The molecule has 3 aromatic heterocycles. The highest BCUT2D eigenvalue weighted by molar-refractivity contribution is 8.00. The summed E-state index contributed by atoms with van der Waals surface area (Å²) in [5, 5.41) is 17.6. The van der Waals surface area contributed by atoms with E-state index >= 15 is 0 Å². The number of thioether (sulfide) groups is 1. The molecule has 1 aliphatic heterocycles. The lowest BCUT2D eigenvalue weighted by Crippen LogP contribution is -2.41. The predicted octanol–water partition coefficient (Wildman–Crippen LogP) is 2.79. The molecule has 2 atom stereocenters. The van der Waals surface area contributed by atoms with Gasteiger partial charge in [0.05, 0.1) is 40.6 Å². The standard InChI is InChI=1S/C25H30N6O3S/c1-34-21-9-7-18-23(31-21)17(10-11-27-18)24(33)22(26)14-2-4-15(5-3-14)28-12-16-6-8-19-25(29-16)30-20(32)13-35-19/h6-11,14-15,22,24,28,33H,2-5,12-13,26H2,1H3,(H,29,30,32)/t14-,15-,22?,24?. The van der Waals surface area contributed by atoms with Crippen LogP contribution in [0, 0.1) is 5.92 Å². The largest absolute Gasteiger partial charge is 0.481 e. The van der Waals surface area contributed by atoms with Gasteiger partial charge in [-0.2, -0.15) is 0 Å². The third-order valence-corrected chi connectivity index (χ3v) is 7.95. The van der Waals surface area contributed by atoms with Crippen LogP contribution in [0.2, 0.25) is 0 Å². The van der Waals surface area contributed by atoms with Crippen LogP contribution in [0.25, 0.3) is 11.0 Å². The van der Waals surface area contributed by atoms with Gasteiger partial charge in [-0.05, 0) is 55.9 Å². The van der Waals surface area contributed by atoms with Crippen LogP contribution >= 0.6 is 11.8 Å². The minimum Gasteiger partial charge on any atom is -0.481 e. The third kappa shape index (κ3) is 5.25. The van der Waals surface area contributed by atoms with Gasteiger partial charge in [0.15, 0.2) is 0 Å². The second kappa shape index (κ2) is 10.4. The highest BCUT2D eigenvalue weighted by Crippen LogP contribution is 2.34. The van der Waals surface area contributed by atoms with Gasteiger partial charge < -0.3 is 26.2 Å². The summed E-state index contributed by atoms with van der Waals surface area (Å²) in [5.41, 5.74) is 9.50. The normalized spacial score (nSPS) is 21.7. The predicted molar refractivity (Wildman–Crippen MR) is 135 cm³/mol. The monoisotopic (exact) mass is 494 g/mol. The number of carbonyl (C=O) groups is 1. The van der Waals surface area contributed by atoms with Gasteiger partial charge in [0.25, 0.3) is 0 Å². The number of methoxy groups -OCH3 is 1. The molecule has 5 N–H and O–H groups in total. The summed E-state index contributed by atoms with van der Waals surface area (Å²) >= 11 is 1.52. The summed E-state index contributed by atoms with van der Waals surface area (Å²) in [6, 6.07) is 9.39. The number of amides is 1. The Morgan fingerprint density at radius 1 is 1.20 bits per heavy atom. The topological polar surface area (TPSA) is 135 Å². The molecule has 4 heterocycles. The first-order valence-corrected chi connectivity index (χ1v) is 12.9. The van der Waals surface area contributed by atoms with Crippen LogP contribution in [-0.2, 0) is 11.3 Å². The second-order valence-corrected chi connectivity index (χ2v) is 10.1. The molecule has 0 aromatic carbocycles. The minimum atomic E-state index is -0.831. The van der Waals surface area contributed by atoms with Crippen LogP contribution in [0.5, 0.6) is 5.88 Å². The highest BCUT2D eigenvalue weighted by Gasteiger charge is 2.31. The number of aromatic nitrogens is 3. The number of rotatable bonds is 7. The molecule has 0 radical (unpaired) electrons. The van der Waals surface area contributed by atoms with Crippen molar-refractivity contribution in [3.8, 4) is 5.88 Å². The quantitative estimate of drug-likeness (QED) is 0.391. The molecule has 184 valence electrons. The molecular formula is C25H30N6O3S. The Labute approximate surface area is 208 Å². The van der Waals surface area contributed by atoms with Crippen LogP contribution in [-0.4, -0.2) is 50.9 Å². The van der Waals surface area contributed by atoms with E-state index in [0.29, 0.717) is 46.6 Å². The molecule has 0 saturated heterocycles. The van der Waals surface area contributed by atoms with Crippen molar-refractivity contribution >= 4 is 34.5 Å². The van der Waals surface area contributed by atoms with Gasteiger partial charge in [-0.1, -0.05) is 0 Å². The zero-order valence-corrected chi connectivity index (χ0v) is 20.4. The fourth-order valence-corrected chi connectivity index (χ4v) is 5.66. The number of nitrogens with one attached hydrogen (secondary N) is 2. The van der Waals surface area contributed by atoms with Crippen molar-refractivity contribution in [3.05, 3.63) is 47.8 Å². The highest BCUT2D eigenvalue weighted by atomic mass is 32.2. The lowest BCUT2D eigenvalue weighted by Gasteiger charge is -2.34. The first-order chi connectivity index (χ1) is 17.0. The molecule has 5 rings (SSSR count). The van der Waals surface area contributed by atoms with Crippen LogP contribution in [0.4, 0.5) is 5.82 Å². The number of ether oxygens (including phenoxy) is 1. The van der Waals surface area contributed by atoms with E-state index in [1.54, 1.807) is 25.4 Å². The molecule has 1 amide bonds. The van der Waals surface area contributed by atoms with E-state index in [0.717, 1.165) is 36.3 Å². The summed E-state index contributed by atoms with van der Waals surface area (Å²) in [4.78, 5) is 26.1. The summed E-state index contributed by atoms with van der Waals surface area (Å²) in [5.74, 6) is 1.78. The van der Waals surface area contributed by atoms with Crippen LogP contribution in [0.1, 0.15) is 43.0 Å². The number of carbonyl (C=O) groups excluding carboxylic acids is 1. The molecule has 10 heteroatoms. The molecule has 1 aliphatic carbocycles. The first-order valence-electron chi connectivity index (χ1n) is 11.9. The Kier molecular flexibility index (Phi) is 7.14. The molecule has 2 unspecified atom stereocenters. The van der Waals surface area contributed by atoms with Gasteiger partial charge >= 0.3 is 0 Å². The molecule has 35 heavy (non-hydrogen) atoms. The van der Waals surface area contributed by atoms with Gasteiger partial charge in [-0.25, -0.2) is 9.97 Å². The van der Waals surface area contributed by atoms with Crippen molar-refractivity contribution in [2.75, 3.05) is 18.2 Å². The Morgan fingerprint density at radius 3 is 2.83 bits per heavy atom. The zero-order valence-electron chi connectivity index (χ0n) is 19.6. The molecule has 3 aromatic rings. The Balaban J connectivity index is 1.17. The fourth-order valence-electron chi connectivity index (χ4n) is 4.90. The first kappa shape index (κ1) is 23.9. The van der Waals surface area contributed by atoms with E-state index in [4.69, 9.17) is 10.5 Å².